The van der Waals surface area contributed by atoms with Crippen molar-refractivity contribution in [2.45, 2.75) is 31.9 Å². The van der Waals surface area contributed by atoms with Gasteiger partial charge in [-0.3, -0.25) is 4.79 Å². The van der Waals surface area contributed by atoms with Gasteiger partial charge in [0.25, 0.3) is 17.6 Å². The van der Waals surface area contributed by atoms with Crippen LogP contribution in [-0.2, 0) is 16.0 Å². The fraction of sp³-hybridized carbons (Fsp3) is 0.273. The number of carbonyl (C=O) groups excluding carboxylic acids is 3. The van der Waals surface area contributed by atoms with Gasteiger partial charge >= 0.3 is 24.3 Å². The average molecular weight is 518 g/mol. The van der Waals surface area contributed by atoms with Crippen molar-refractivity contribution in [1.82, 2.24) is 4.68 Å². The molecule has 0 spiro atoms. The van der Waals surface area contributed by atoms with Crippen molar-refractivity contribution < 1.29 is 55.0 Å². The molecule has 36 heavy (non-hydrogen) atoms. The Bertz CT molecular complexity index is 1330. The van der Waals surface area contributed by atoms with Crippen LogP contribution in [0, 0.1) is 5.21 Å². The topological polar surface area (TPSA) is 102 Å². The van der Waals surface area contributed by atoms with Crippen LogP contribution >= 0.6 is 0 Å². The largest absolute Gasteiger partial charge is 0.595 e. The number of fused-ring (bicyclic) bond motifs is 1. The fourth-order valence-electron chi connectivity index (χ4n) is 3.50. The summed E-state index contributed by atoms with van der Waals surface area (Å²) in [5.74, 6) is -4.08. The molecular formula is C22H16F6N2O6. The number of carbonyl (C=O) groups is 3. The van der Waals surface area contributed by atoms with Gasteiger partial charge in [0.1, 0.15) is 5.52 Å². The Morgan fingerprint density at radius 1 is 0.972 bits per heavy atom. The molecule has 3 rings (SSSR count). The van der Waals surface area contributed by atoms with Gasteiger partial charge in [-0.25, -0.2) is 9.59 Å². The van der Waals surface area contributed by atoms with E-state index in [0.717, 1.165) is 30.0 Å². The quantitative estimate of drug-likeness (QED) is 0.161. The van der Waals surface area contributed by atoms with Gasteiger partial charge in [0, 0.05) is 5.56 Å². The van der Waals surface area contributed by atoms with E-state index in [1.807, 2.05) is 0 Å². The maximum absolute atomic E-state index is 13.4. The van der Waals surface area contributed by atoms with Crippen molar-refractivity contribution in [1.29, 1.82) is 0 Å². The van der Waals surface area contributed by atoms with Crippen LogP contribution < -0.4 is 4.85 Å². The van der Waals surface area contributed by atoms with Gasteiger partial charge in [0.2, 0.25) is 0 Å². The number of rotatable bonds is 6. The number of methoxy groups -OCH3 is 1. The molecular weight excluding hydrogens is 502 g/mol. The van der Waals surface area contributed by atoms with Crippen molar-refractivity contribution in [3.63, 3.8) is 0 Å². The highest BCUT2D eigenvalue weighted by Gasteiger charge is 2.60. The zero-order chi connectivity index (χ0) is 27.0. The minimum absolute atomic E-state index is 0.0428. The van der Waals surface area contributed by atoms with Gasteiger partial charge in [-0.05, 0) is 37.3 Å². The Kier molecular flexibility index (Phi) is 7.00. The van der Waals surface area contributed by atoms with Crippen LogP contribution in [0.3, 0.4) is 0 Å². The highest BCUT2D eigenvalue weighted by atomic mass is 19.4. The number of ketones is 1. The number of hydrogen-bond acceptors (Lipinski definition) is 6. The van der Waals surface area contributed by atoms with Gasteiger partial charge in [-0.15, -0.1) is 4.68 Å². The van der Waals surface area contributed by atoms with Crippen LogP contribution in [0.1, 0.15) is 43.7 Å². The summed E-state index contributed by atoms with van der Waals surface area (Å²) >= 11 is 0. The van der Waals surface area contributed by atoms with Crippen molar-refractivity contribution in [3.8, 4) is 0 Å². The first-order valence-corrected chi connectivity index (χ1v) is 10.0. The van der Waals surface area contributed by atoms with E-state index in [1.54, 1.807) is 6.92 Å². The van der Waals surface area contributed by atoms with Crippen LogP contribution in [0.2, 0.25) is 0 Å². The first-order chi connectivity index (χ1) is 16.7. The molecule has 0 aliphatic rings. The van der Waals surface area contributed by atoms with Gasteiger partial charge in [-0.2, -0.15) is 26.3 Å². The van der Waals surface area contributed by atoms with Crippen LogP contribution in [0.4, 0.5) is 26.3 Å². The third-order valence-corrected chi connectivity index (χ3v) is 5.09. The van der Waals surface area contributed by atoms with Crippen LogP contribution in [0.25, 0.3) is 10.9 Å². The summed E-state index contributed by atoms with van der Waals surface area (Å²) in [5.41, 5.74) is -2.09. The third kappa shape index (κ3) is 4.83. The number of benzene rings is 2. The SMILES string of the molecule is CCn1c2ccc(C(=O)OC)cc2c(C(=O)c2ccccc2C(=O)OC(C(F)(F)F)C(F)(F)F)[n+]1[O-]. The summed E-state index contributed by atoms with van der Waals surface area (Å²) in [6.45, 7) is 1.61. The van der Waals surface area contributed by atoms with Crippen LogP contribution in [-0.4, -0.2) is 48.0 Å². The van der Waals surface area contributed by atoms with Gasteiger partial charge in [-0.1, -0.05) is 17.0 Å². The number of ether oxygens (including phenoxy) is 2. The zero-order valence-electron chi connectivity index (χ0n) is 18.4. The van der Waals surface area contributed by atoms with Crippen molar-refractivity contribution in [3.05, 3.63) is 70.1 Å². The van der Waals surface area contributed by atoms with Gasteiger partial charge in [0.15, 0.2) is 0 Å². The standard InChI is InChI=1S/C22H16F6N2O6/c1-3-29-15-9-8-11(18(32)35-2)10-14(15)16(30(29)34)17(31)12-6-4-5-7-13(12)19(33)36-20(21(23,24)25)22(26,27)28/h4-10,20H,3H2,1-2H3. The van der Waals surface area contributed by atoms with E-state index in [9.17, 15) is 45.9 Å². The van der Waals surface area contributed by atoms with Crippen molar-refractivity contribution in [2.24, 2.45) is 0 Å². The molecule has 1 aromatic heterocycles. The molecule has 0 atom stereocenters. The number of halogens is 6. The summed E-state index contributed by atoms with van der Waals surface area (Å²) in [5, 5.41) is 12.9. The van der Waals surface area contributed by atoms with E-state index >= 15 is 0 Å². The summed E-state index contributed by atoms with van der Waals surface area (Å²) in [6, 6.07) is 7.84. The molecule has 0 saturated carbocycles. The number of hydrogen-bond donors (Lipinski definition) is 0. The first-order valence-electron chi connectivity index (χ1n) is 10.0. The molecule has 3 aromatic rings. The molecule has 0 aliphatic carbocycles. The Morgan fingerprint density at radius 3 is 2.08 bits per heavy atom. The zero-order valence-corrected chi connectivity index (χ0v) is 18.4. The average Bonchev–Trinajstić information content (AvgIpc) is 3.09. The third-order valence-electron chi connectivity index (χ3n) is 5.09. The highest BCUT2D eigenvalue weighted by Crippen LogP contribution is 2.36. The monoisotopic (exact) mass is 518 g/mol. The molecule has 0 unspecified atom stereocenters. The Labute approximate surface area is 198 Å². The minimum atomic E-state index is -5.97. The molecule has 8 nitrogen and oxygen atoms in total. The van der Waals surface area contributed by atoms with E-state index in [-0.39, 0.29) is 27.9 Å². The van der Waals surface area contributed by atoms with Gasteiger partial charge < -0.3 is 14.7 Å². The van der Waals surface area contributed by atoms with E-state index in [1.165, 1.54) is 24.3 Å². The Balaban J connectivity index is 2.15. The molecule has 0 saturated heterocycles. The molecule has 0 fully saturated rings. The smallest absolute Gasteiger partial charge is 0.434 e. The number of nitrogens with zero attached hydrogens (tertiary/aromatic N) is 2. The lowest BCUT2D eigenvalue weighted by atomic mass is 9.99. The minimum Gasteiger partial charge on any atom is -0.595 e. The molecule has 2 aromatic carbocycles. The second-order valence-corrected chi connectivity index (χ2v) is 7.30. The lowest BCUT2D eigenvalue weighted by Gasteiger charge is -2.23. The molecule has 0 aliphatic heterocycles. The second kappa shape index (κ2) is 9.51. The van der Waals surface area contributed by atoms with Crippen molar-refractivity contribution >= 4 is 28.6 Å². The molecule has 0 amide bonds. The number of aromatic nitrogens is 2. The highest BCUT2D eigenvalue weighted by molar-refractivity contribution is 6.18. The summed E-state index contributed by atoms with van der Waals surface area (Å²) in [6.07, 6.45) is -16.4. The second-order valence-electron chi connectivity index (χ2n) is 7.30. The van der Waals surface area contributed by atoms with Crippen LogP contribution in [0.5, 0.6) is 0 Å². The summed E-state index contributed by atoms with van der Waals surface area (Å²) in [4.78, 5) is 37.8. The van der Waals surface area contributed by atoms with E-state index in [2.05, 4.69) is 9.47 Å². The Morgan fingerprint density at radius 2 is 1.56 bits per heavy atom. The molecule has 0 bridgehead atoms. The predicted octanol–water partition coefficient (Wildman–Crippen LogP) is 3.96. The maximum atomic E-state index is 13.4. The number of esters is 2. The maximum Gasteiger partial charge on any atom is 0.434 e. The lowest BCUT2D eigenvalue weighted by Crippen LogP contribution is -2.45. The molecule has 0 N–H and O–H groups in total. The first kappa shape index (κ1) is 26.5. The van der Waals surface area contributed by atoms with E-state index in [4.69, 9.17) is 0 Å². The van der Waals surface area contributed by atoms with Gasteiger partial charge in [0.05, 0.1) is 30.2 Å². The predicted molar refractivity (Wildman–Crippen MR) is 109 cm³/mol. The molecule has 0 radical (unpaired) electrons. The van der Waals surface area contributed by atoms with E-state index in [0.29, 0.717) is 0 Å². The number of aryl methyl sites for hydroxylation is 1. The molecule has 192 valence electrons. The Hall–Kier alpha value is -4.10. The van der Waals surface area contributed by atoms with E-state index < -0.39 is 53.0 Å². The summed E-state index contributed by atoms with van der Waals surface area (Å²) < 4.78 is 86.6. The molecule has 14 heteroatoms. The fourth-order valence-corrected chi connectivity index (χ4v) is 3.50. The normalized spacial score (nSPS) is 12.1. The lowest BCUT2D eigenvalue weighted by molar-refractivity contribution is -0.692. The van der Waals surface area contributed by atoms with Crippen molar-refractivity contribution in [2.75, 3.05) is 7.11 Å². The molecule has 1 heterocycles. The number of alkyl halides is 6. The van der Waals surface area contributed by atoms with Crippen LogP contribution in [0.15, 0.2) is 42.5 Å². The summed E-state index contributed by atoms with van der Waals surface area (Å²) in [7, 11) is 1.10.